The SMILES string of the molecule is CCOC(=O)CCCOc1c(F)cc(-c2cccc(OC(C)C)c2)cc1F. The van der Waals surface area contributed by atoms with Gasteiger partial charge in [-0.05, 0) is 62.6 Å². The Morgan fingerprint density at radius 3 is 2.41 bits per heavy atom. The summed E-state index contributed by atoms with van der Waals surface area (Å²) in [5, 5.41) is 0. The lowest BCUT2D eigenvalue weighted by atomic mass is 10.0. The van der Waals surface area contributed by atoms with E-state index in [1.165, 1.54) is 12.1 Å². The largest absolute Gasteiger partial charge is 0.491 e. The molecule has 0 unspecified atom stereocenters. The van der Waals surface area contributed by atoms with Crippen LogP contribution in [0.2, 0.25) is 0 Å². The molecule has 0 N–H and O–H groups in total. The lowest BCUT2D eigenvalue weighted by Crippen LogP contribution is -2.08. The van der Waals surface area contributed by atoms with Gasteiger partial charge in [-0.3, -0.25) is 4.79 Å². The molecule has 0 heterocycles. The Balaban J connectivity index is 2.07. The minimum Gasteiger partial charge on any atom is -0.491 e. The second-order valence-electron chi connectivity index (χ2n) is 6.22. The molecule has 0 saturated heterocycles. The quantitative estimate of drug-likeness (QED) is 0.448. The molecule has 0 fully saturated rings. The fourth-order valence-corrected chi connectivity index (χ4v) is 2.51. The summed E-state index contributed by atoms with van der Waals surface area (Å²) in [4.78, 5) is 11.2. The molecule has 0 saturated carbocycles. The lowest BCUT2D eigenvalue weighted by Gasteiger charge is -2.13. The molecule has 2 aromatic carbocycles. The molecule has 0 atom stereocenters. The second-order valence-corrected chi connectivity index (χ2v) is 6.22. The maximum Gasteiger partial charge on any atom is 0.305 e. The molecular weight excluding hydrogens is 354 g/mol. The standard InChI is InChI=1S/C21H24F2O4/c1-4-25-20(24)9-6-10-26-21-18(22)12-16(13-19(21)23)15-7-5-8-17(11-15)27-14(2)3/h5,7-8,11-14H,4,6,9-10H2,1-3H3. The molecule has 0 aliphatic carbocycles. The minimum atomic E-state index is -0.795. The molecule has 6 heteroatoms. The predicted molar refractivity (Wildman–Crippen MR) is 98.9 cm³/mol. The molecule has 2 aromatic rings. The van der Waals surface area contributed by atoms with Crippen LogP contribution in [-0.2, 0) is 9.53 Å². The number of hydrogen-bond acceptors (Lipinski definition) is 4. The molecule has 4 nitrogen and oxygen atoms in total. The first-order valence-electron chi connectivity index (χ1n) is 8.95. The van der Waals surface area contributed by atoms with E-state index < -0.39 is 17.4 Å². The van der Waals surface area contributed by atoms with Crippen molar-refractivity contribution in [2.45, 2.75) is 39.7 Å². The van der Waals surface area contributed by atoms with Crippen LogP contribution in [0.3, 0.4) is 0 Å². The van der Waals surface area contributed by atoms with Crippen molar-refractivity contribution in [1.29, 1.82) is 0 Å². The summed E-state index contributed by atoms with van der Waals surface area (Å²) in [5.41, 5.74) is 1.03. The van der Waals surface area contributed by atoms with Gasteiger partial charge in [-0.15, -0.1) is 0 Å². The summed E-state index contributed by atoms with van der Waals surface area (Å²) in [6.07, 6.45) is 0.449. The average molecular weight is 378 g/mol. The monoisotopic (exact) mass is 378 g/mol. The fourth-order valence-electron chi connectivity index (χ4n) is 2.51. The summed E-state index contributed by atoms with van der Waals surface area (Å²) < 4.78 is 44.2. The Kier molecular flexibility index (Phi) is 7.58. The van der Waals surface area contributed by atoms with Crippen LogP contribution < -0.4 is 9.47 Å². The summed E-state index contributed by atoms with van der Waals surface area (Å²) in [7, 11) is 0. The summed E-state index contributed by atoms with van der Waals surface area (Å²) in [6, 6.07) is 9.48. The van der Waals surface area contributed by atoms with E-state index in [9.17, 15) is 13.6 Å². The number of halogens is 2. The van der Waals surface area contributed by atoms with E-state index in [-0.39, 0.29) is 25.1 Å². The van der Waals surface area contributed by atoms with Crippen molar-refractivity contribution in [2.75, 3.05) is 13.2 Å². The molecule has 0 bridgehead atoms. The van der Waals surface area contributed by atoms with Crippen LogP contribution >= 0.6 is 0 Å². The maximum atomic E-state index is 14.3. The van der Waals surface area contributed by atoms with Gasteiger partial charge in [-0.25, -0.2) is 8.78 Å². The van der Waals surface area contributed by atoms with Crippen molar-refractivity contribution < 1.29 is 27.8 Å². The third-order valence-electron chi connectivity index (χ3n) is 3.61. The zero-order valence-electron chi connectivity index (χ0n) is 15.8. The number of carbonyl (C=O) groups excluding carboxylic acids is 1. The van der Waals surface area contributed by atoms with Crippen LogP contribution in [-0.4, -0.2) is 25.3 Å². The van der Waals surface area contributed by atoms with E-state index in [1.807, 2.05) is 13.8 Å². The summed E-state index contributed by atoms with van der Waals surface area (Å²) >= 11 is 0. The first-order chi connectivity index (χ1) is 12.9. The van der Waals surface area contributed by atoms with Crippen LogP contribution in [0.25, 0.3) is 11.1 Å². The van der Waals surface area contributed by atoms with Crippen LogP contribution in [0.5, 0.6) is 11.5 Å². The van der Waals surface area contributed by atoms with Crippen molar-refractivity contribution in [1.82, 2.24) is 0 Å². The molecule has 0 amide bonds. The summed E-state index contributed by atoms with van der Waals surface area (Å²) in [6.45, 7) is 5.84. The first-order valence-corrected chi connectivity index (χ1v) is 8.95. The van der Waals surface area contributed by atoms with Gasteiger partial charge >= 0.3 is 5.97 Å². The van der Waals surface area contributed by atoms with Gasteiger partial charge < -0.3 is 14.2 Å². The van der Waals surface area contributed by atoms with Crippen molar-refractivity contribution in [3.63, 3.8) is 0 Å². The normalized spacial score (nSPS) is 10.7. The van der Waals surface area contributed by atoms with E-state index in [2.05, 4.69) is 0 Å². The van der Waals surface area contributed by atoms with Crippen LogP contribution in [0.1, 0.15) is 33.6 Å². The number of esters is 1. The molecule has 0 radical (unpaired) electrons. The second kappa shape index (κ2) is 9.90. The smallest absolute Gasteiger partial charge is 0.305 e. The number of carbonyl (C=O) groups is 1. The van der Waals surface area contributed by atoms with Crippen LogP contribution in [0.4, 0.5) is 8.78 Å². The highest BCUT2D eigenvalue weighted by Gasteiger charge is 2.14. The van der Waals surface area contributed by atoms with Gasteiger partial charge in [0.05, 0.1) is 19.3 Å². The van der Waals surface area contributed by atoms with E-state index in [4.69, 9.17) is 14.2 Å². The Morgan fingerprint density at radius 1 is 1.07 bits per heavy atom. The van der Waals surface area contributed by atoms with Gasteiger partial charge in [0, 0.05) is 6.42 Å². The maximum absolute atomic E-state index is 14.3. The molecule has 2 rings (SSSR count). The molecular formula is C21H24F2O4. The van der Waals surface area contributed by atoms with E-state index in [0.717, 1.165) is 0 Å². The van der Waals surface area contributed by atoms with Gasteiger partial charge in [0.25, 0.3) is 0 Å². The van der Waals surface area contributed by atoms with Crippen molar-refractivity contribution in [3.8, 4) is 22.6 Å². The zero-order chi connectivity index (χ0) is 19.8. The van der Waals surface area contributed by atoms with Crippen molar-refractivity contribution in [2.24, 2.45) is 0 Å². The third kappa shape index (κ3) is 6.24. The lowest BCUT2D eigenvalue weighted by molar-refractivity contribution is -0.143. The topological polar surface area (TPSA) is 44.8 Å². The molecule has 0 spiro atoms. The Hall–Kier alpha value is -2.63. The number of hydrogen-bond donors (Lipinski definition) is 0. The molecule has 27 heavy (non-hydrogen) atoms. The molecule has 146 valence electrons. The van der Waals surface area contributed by atoms with E-state index in [1.54, 1.807) is 31.2 Å². The first kappa shape index (κ1) is 20.7. The van der Waals surface area contributed by atoms with E-state index in [0.29, 0.717) is 29.9 Å². The average Bonchev–Trinajstić information content (AvgIpc) is 2.60. The van der Waals surface area contributed by atoms with Gasteiger partial charge in [-0.1, -0.05) is 12.1 Å². The van der Waals surface area contributed by atoms with Crippen molar-refractivity contribution in [3.05, 3.63) is 48.0 Å². The van der Waals surface area contributed by atoms with Gasteiger partial charge in [0.15, 0.2) is 17.4 Å². The third-order valence-corrected chi connectivity index (χ3v) is 3.61. The Labute approximate surface area is 158 Å². The predicted octanol–water partition coefficient (Wildman–Crippen LogP) is 5.14. The zero-order valence-corrected chi connectivity index (χ0v) is 15.8. The Morgan fingerprint density at radius 2 is 1.78 bits per heavy atom. The summed E-state index contributed by atoms with van der Waals surface area (Å²) in [5.74, 6) is -1.77. The van der Waals surface area contributed by atoms with Crippen LogP contribution in [0.15, 0.2) is 36.4 Å². The van der Waals surface area contributed by atoms with Crippen molar-refractivity contribution >= 4 is 5.97 Å². The van der Waals surface area contributed by atoms with Gasteiger partial charge in [0.1, 0.15) is 5.75 Å². The highest BCUT2D eigenvalue weighted by atomic mass is 19.1. The molecule has 0 aliphatic heterocycles. The highest BCUT2D eigenvalue weighted by molar-refractivity contribution is 5.69. The molecule has 0 aromatic heterocycles. The highest BCUT2D eigenvalue weighted by Crippen LogP contribution is 2.31. The van der Waals surface area contributed by atoms with Crippen LogP contribution in [0, 0.1) is 11.6 Å². The molecule has 0 aliphatic rings. The Bertz CT molecular complexity index is 752. The van der Waals surface area contributed by atoms with Gasteiger partial charge in [0.2, 0.25) is 0 Å². The number of ether oxygens (including phenoxy) is 3. The fraction of sp³-hybridized carbons (Fsp3) is 0.381. The number of rotatable bonds is 9. The minimum absolute atomic E-state index is 0.000828. The van der Waals surface area contributed by atoms with E-state index >= 15 is 0 Å². The number of benzene rings is 2. The van der Waals surface area contributed by atoms with Gasteiger partial charge in [-0.2, -0.15) is 0 Å².